The molecule has 5 aromatic rings. The number of rotatable bonds is 6. The molecule has 0 spiro atoms. The van der Waals surface area contributed by atoms with Gasteiger partial charge >= 0.3 is 0 Å². The highest BCUT2D eigenvalue weighted by molar-refractivity contribution is 5.86. The molecule has 0 amide bonds. The maximum atomic E-state index is 10.4. The van der Waals surface area contributed by atoms with Crippen LogP contribution < -0.4 is 10.1 Å². The minimum absolute atomic E-state index is 0.333. The van der Waals surface area contributed by atoms with E-state index in [0.29, 0.717) is 40.9 Å². The van der Waals surface area contributed by atoms with E-state index < -0.39 is 6.10 Å². The van der Waals surface area contributed by atoms with Gasteiger partial charge in [-0.25, -0.2) is 14.5 Å². The normalized spacial score (nSPS) is 12.3. The molecule has 1 atom stereocenters. The maximum Gasteiger partial charge on any atom is 0.224 e. The number of hydrogen-bond donors (Lipinski definition) is 2. The monoisotopic (exact) mass is 401 g/mol. The Kier molecular flexibility index (Phi) is 4.53. The summed E-state index contributed by atoms with van der Waals surface area (Å²) < 4.78 is 13.0. The first-order valence-electron chi connectivity index (χ1n) is 9.47. The van der Waals surface area contributed by atoms with Gasteiger partial charge in [-0.05, 0) is 23.8 Å². The van der Waals surface area contributed by atoms with Gasteiger partial charge in [-0.15, -0.1) is 5.10 Å². The zero-order valence-electron chi connectivity index (χ0n) is 16.2. The van der Waals surface area contributed by atoms with Crippen molar-refractivity contribution in [3.63, 3.8) is 0 Å². The second-order valence-corrected chi connectivity index (χ2v) is 6.78. The Bertz CT molecular complexity index is 1310. The summed E-state index contributed by atoms with van der Waals surface area (Å²) in [4.78, 5) is 8.62. The zero-order valence-corrected chi connectivity index (χ0v) is 16.2. The molecule has 8 nitrogen and oxygen atoms in total. The summed E-state index contributed by atoms with van der Waals surface area (Å²) >= 11 is 0. The first-order valence-corrected chi connectivity index (χ1v) is 9.47. The van der Waals surface area contributed by atoms with Gasteiger partial charge in [0.2, 0.25) is 5.88 Å². The molecule has 0 fully saturated rings. The van der Waals surface area contributed by atoms with Crippen LogP contribution in [0.4, 0.5) is 5.82 Å². The number of nitrogens with zero attached hydrogens (tertiary/aromatic N) is 4. The van der Waals surface area contributed by atoms with E-state index in [1.54, 1.807) is 30.1 Å². The molecule has 0 radical (unpaired) electrons. The largest absolute Gasteiger partial charge is 0.480 e. The third-order valence-corrected chi connectivity index (χ3v) is 4.88. The summed E-state index contributed by atoms with van der Waals surface area (Å²) in [5.41, 5.74) is 2.91. The number of aliphatic hydroxyl groups is 1. The van der Waals surface area contributed by atoms with Crippen LogP contribution in [0.15, 0.2) is 71.4 Å². The molecule has 8 heteroatoms. The van der Waals surface area contributed by atoms with Crippen LogP contribution in [-0.2, 0) is 0 Å². The van der Waals surface area contributed by atoms with Crippen LogP contribution in [0, 0.1) is 0 Å². The van der Waals surface area contributed by atoms with Crippen molar-refractivity contribution in [1.82, 2.24) is 19.6 Å². The quantitative estimate of drug-likeness (QED) is 0.448. The second-order valence-electron chi connectivity index (χ2n) is 6.78. The highest BCUT2D eigenvalue weighted by atomic mass is 16.5. The lowest BCUT2D eigenvalue weighted by Gasteiger charge is -2.12. The van der Waals surface area contributed by atoms with Crippen molar-refractivity contribution in [3.05, 3.63) is 72.6 Å². The number of anilines is 1. The molecule has 1 unspecified atom stereocenters. The van der Waals surface area contributed by atoms with Gasteiger partial charge < -0.3 is 19.6 Å². The summed E-state index contributed by atoms with van der Waals surface area (Å²) in [7, 11) is 1.58. The Morgan fingerprint density at radius 3 is 2.83 bits per heavy atom. The Morgan fingerprint density at radius 1 is 1.13 bits per heavy atom. The third kappa shape index (κ3) is 3.23. The highest BCUT2D eigenvalue weighted by Gasteiger charge is 2.16. The second kappa shape index (κ2) is 7.49. The molecule has 0 aliphatic heterocycles. The van der Waals surface area contributed by atoms with Gasteiger partial charge in [0.15, 0.2) is 11.4 Å². The van der Waals surface area contributed by atoms with E-state index in [1.807, 2.05) is 48.5 Å². The molecule has 5 rings (SSSR count). The smallest absolute Gasteiger partial charge is 0.224 e. The Morgan fingerprint density at radius 2 is 2.00 bits per heavy atom. The lowest BCUT2D eigenvalue weighted by molar-refractivity contribution is 0.191. The van der Waals surface area contributed by atoms with E-state index in [4.69, 9.17) is 9.15 Å². The highest BCUT2D eigenvalue weighted by Crippen LogP contribution is 2.32. The summed E-state index contributed by atoms with van der Waals surface area (Å²) in [5, 5.41) is 19.0. The van der Waals surface area contributed by atoms with Gasteiger partial charge in [0.05, 0.1) is 24.8 Å². The molecule has 4 heterocycles. The van der Waals surface area contributed by atoms with Crippen LogP contribution in [-0.4, -0.2) is 38.3 Å². The van der Waals surface area contributed by atoms with Crippen molar-refractivity contribution in [2.45, 2.75) is 6.10 Å². The predicted molar refractivity (Wildman–Crippen MR) is 112 cm³/mol. The standard InChI is InChI=1S/C22H19N5O3/c1-29-22-15-11-19(30-18(15)9-10-23-22)16-12-25-21-8-7-20(26-27(16)21)24-13-17(28)14-5-3-2-4-6-14/h2-12,17,28H,13H2,1H3,(H,24,26). The van der Waals surface area contributed by atoms with Crippen molar-refractivity contribution in [2.75, 3.05) is 19.0 Å². The third-order valence-electron chi connectivity index (χ3n) is 4.88. The summed E-state index contributed by atoms with van der Waals surface area (Å²) in [6.45, 7) is 0.333. The Balaban J connectivity index is 1.45. The first kappa shape index (κ1) is 18.1. The number of methoxy groups -OCH3 is 1. The summed E-state index contributed by atoms with van der Waals surface area (Å²) in [6, 6.07) is 16.8. The molecule has 1 aromatic carbocycles. The van der Waals surface area contributed by atoms with Crippen molar-refractivity contribution in [2.24, 2.45) is 0 Å². The average molecular weight is 401 g/mol. The number of benzene rings is 1. The van der Waals surface area contributed by atoms with E-state index in [2.05, 4.69) is 20.4 Å². The number of fused-ring (bicyclic) bond motifs is 2. The van der Waals surface area contributed by atoms with E-state index in [0.717, 1.165) is 10.9 Å². The topological polar surface area (TPSA) is 97.7 Å². The molecule has 0 aliphatic carbocycles. The van der Waals surface area contributed by atoms with Gasteiger partial charge in [0, 0.05) is 18.8 Å². The average Bonchev–Trinajstić information content (AvgIpc) is 3.41. The molecule has 0 bridgehead atoms. The fourth-order valence-corrected chi connectivity index (χ4v) is 3.36. The van der Waals surface area contributed by atoms with Gasteiger partial charge in [-0.3, -0.25) is 0 Å². The van der Waals surface area contributed by atoms with Gasteiger partial charge in [0.1, 0.15) is 17.1 Å². The number of pyridine rings is 1. The molecule has 2 N–H and O–H groups in total. The van der Waals surface area contributed by atoms with Gasteiger partial charge in [-0.1, -0.05) is 30.3 Å². The van der Waals surface area contributed by atoms with Crippen LogP contribution in [0.3, 0.4) is 0 Å². The molecular weight excluding hydrogens is 382 g/mol. The van der Waals surface area contributed by atoms with Crippen LogP contribution in [0.5, 0.6) is 5.88 Å². The number of ether oxygens (including phenoxy) is 1. The SMILES string of the molecule is COc1nccc2oc(-c3cnc4ccc(NCC(O)c5ccccc5)nn34)cc12. The zero-order chi connectivity index (χ0) is 20.5. The molecule has 30 heavy (non-hydrogen) atoms. The van der Waals surface area contributed by atoms with Crippen molar-refractivity contribution < 1.29 is 14.3 Å². The van der Waals surface area contributed by atoms with Crippen molar-refractivity contribution in [3.8, 4) is 17.3 Å². The fraction of sp³-hybridized carbons (Fsp3) is 0.136. The van der Waals surface area contributed by atoms with Crippen LogP contribution >= 0.6 is 0 Å². The van der Waals surface area contributed by atoms with Crippen LogP contribution in [0.1, 0.15) is 11.7 Å². The van der Waals surface area contributed by atoms with E-state index in [1.165, 1.54) is 0 Å². The van der Waals surface area contributed by atoms with Crippen molar-refractivity contribution >= 4 is 22.4 Å². The molecule has 150 valence electrons. The number of nitrogens with one attached hydrogen (secondary N) is 1. The lowest BCUT2D eigenvalue weighted by atomic mass is 10.1. The Hall–Kier alpha value is -3.91. The van der Waals surface area contributed by atoms with Gasteiger partial charge in [-0.2, -0.15) is 0 Å². The fourth-order valence-electron chi connectivity index (χ4n) is 3.36. The lowest BCUT2D eigenvalue weighted by Crippen LogP contribution is -2.13. The molecule has 4 aromatic heterocycles. The molecular formula is C22H19N5O3. The molecule has 0 saturated heterocycles. The number of aromatic nitrogens is 4. The molecule has 0 aliphatic rings. The van der Waals surface area contributed by atoms with Crippen LogP contribution in [0.2, 0.25) is 0 Å². The number of aliphatic hydroxyl groups excluding tert-OH is 1. The minimum atomic E-state index is -0.638. The summed E-state index contributed by atoms with van der Waals surface area (Å²) in [6.07, 6.45) is 2.71. The summed E-state index contributed by atoms with van der Waals surface area (Å²) in [5.74, 6) is 1.73. The molecule has 0 saturated carbocycles. The van der Waals surface area contributed by atoms with Crippen molar-refractivity contribution in [1.29, 1.82) is 0 Å². The van der Waals surface area contributed by atoms with E-state index in [9.17, 15) is 5.11 Å². The maximum absolute atomic E-state index is 10.4. The predicted octanol–water partition coefficient (Wildman–Crippen LogP) is 3.69. The minimum Gasteiger partial charge on any atom is -0.480 e. The van der Waals surface area contributed by atoms with Crippen LogP contribution in [0.25, 0.3) is 28.1 Å². The number of imidazole rings is 1. The van der Waals surface area contributed by atoms with E-state index in [-0.39, 0.29) is 0 Å². The first-order chi connectivity index (χ1) is 14.7. The Labute approximate surface area is 171 Å². The van der Waals surface area contributed by atoms with E-state index >= 15 is 0 Å². The number of hydrogen-bond acceptors (Lipinski definition) is 7. The number of furan rings is 1. The van der Waals surface area contributed by atoms with Gasteiger partial charge in [0.25, 0.3) is 0 Å².